The molecular weight excluding hydrogens is 450 g/mol. The molecule has 0 spiro atoms. The highest BCUT2D eigenvalue weighted by atomic mass is 16.7. The maximum Gasteiger partial charge on any atom is 0.331 e. The van der Waals surface area contributed by atoms with E-state index in [1.807, 2.05) is 6.21 Å². The molecule has 4 saturated carbocycles. The Morgan fingerprint density at radius 1 is 1.11 bits per heavy atom. The lowest BCUT2D eigenvalue weighted by atomic mass is 9.41. The number of fused-ring (bicyclic) bond motifs is 5. The molecule has 0 unspecified atom stereocenters. The first-order chi connectivity index (χ1) is 16.6. The number of hydrogen-bond acceptors (Lipinski definition) is 8. The SMILES string of the molecule is COC(CN=C[C@]12CC[C@@H](O)C[C@]1(O)CC[C@@H]1[C@@H]2CC[C@]2(C)[C@@H](C3=CC(=O)OC3)CC[C@@]12O)OC. The van der Waals surface area contributed by atoms with Crippen LogP contribution in [-0.2, 0) is 19.0 Å². The molecule has 0 bridgehead atoms. The molecule has 8 heteroatoms. The van der Waals surface area contributed by atoms with Crippen molar-refractivity contribution in [3.8, 4) is 0 Å². The molecule has 0 amide bonds. The fourth-order valence-electron chi connectivity index (χ4n) is 8.91. The summed E-state index contributed by atoms with van der Waals surface area (Å²) in [5.74, 6) is -0.0692. The van der Waals surface area contributed by atoms with Gasteiger partial charge in [-0.2, -0.15) is 0 Å². The van der Waals surface area contributed by atoms with Crippen LogP contribution < -0.4 is 0 Å². The number of methoxy groups -OCH3 is 2. The Morgan fingerprint density at radius 3 is 2.54 bits per heavy atom. The maximum absolute atomic E-state index is 12.4. The van der Waals surface area contributed by atoms with Gasteiger partial charge in [-0.15, -0.1) is 0 Å². The van der Waals surface area contributed by atoms with Crippen LogP contribution in [0.2, 0.25) is 0 Å². The summed E-state index contributed by atoms with van der Waals surface area (Å²) in [7, 11) is 3.16. The second kappa shape index (κ2) is 8.91. The van der Waals surface area contributed by atoms with Gasteiger partial charge >= 0.3 is 5.97 Å². The summed E-state index contributed by atoms with van der Waals surface area (Å²) < 4.78 is 15.8. The maximum atomic E-state index is 12.4. The summed E-state index contributed by atoms with van der Waals surface area (Å²) in [6.45, 7) is 2.85. The monoisotopic (exact) mass is 491 g/mol. The van der Waals surface area contributed by atoms with Crippen LogP contribution >= 0.6 is 0 Å². The third-order valence-corrected chi connectivity index (χ3v) is 10.7. The quantitative estimate of drug-likeness (QED) is 0.297. The normalized spacial score (nSPS) is 47.4. The molecule has 0 aromatic rings. The summed E-state index contributed by atoms with van der Waals surface area (Å²) in [5.41, 5.74) is -1.87. The second-order valence-electron chi connectivity index (χ2n) is 11.9. The number of rotatable bonds is 6. The first-order valence-electron chi connectivity index (χ1n) is 13.2. The highest BCUT2D eigenvalue weighted by Crippen LogP contribution is 2.70. The molecule has 0 aromatic carbocycles. The summed E-state index contributed by atoms with van der Waals surface area (Å²) in [5, 5.41) is 34.9. The Kier molecular flexibility index (Phi) is 6.45. The zero-order valence-electron chi connectivity index (χ0n) is 21.2. The zero-order valence-corrected chi connectivity index (χ0v) is 21.2. The smallest absolute Gasteiger partial charge is 0.331 e. The third-order valence-electron chi connectivity index (χ3n) is 10.7. The Bertz CT molecular complexity index is 902. The van der Waals surface area contributed by atoms with E-state index in [1.165, 1.54) is 0 Å². The van der Waals surface area contributed by atoms with Gasteiger partial charge in [0, 0.05) is 43.8 Å². The number of esters is 1. The Balaban J connectivity index is 1.49. The van der Waals surface area contributed by atoms with E-state index in [9.17, 15) is 20.1 Å². The average Bonchev–Trinajstić information content (AvgIpc) is 3.36. The van der Waals surface area contributed by atoms with Crippen molar-refractivity contribution >= 4 is 12.2 Å². The lowest BCUT2D eigenvalue weighted by Gasteiger charge is -2.65. The van der Waals surface area contributed by atoms with Crippen LogP contribution in [0.5, 0.6) is 0 Å². The number of aliphatic imine (C=N–C) groups is 1. The number of aliphatic hydroxyl groups excluding tert-OH is 1. The van der Waals surface area contributed by atoms with Crippen LogP contribution in [0.3, 0.4) is 0 Å². The third kappa shape index (κ3) is 3.66. The molecule has 196 valence electrons. The summed E-state index contributed by atoms with van der Waals surface area (Å²) in [6.07, 6.45) is 8.63. The number of ether oxygens (including phenoxy) is 3. The van der Waals surface area contributed by atoms with Gasteiger partial charge < -0.3 is 29.5 Å². The molecule has 35 heavy (non-hydrogen) atoms. The Morgan fingerprint density at radius 2 is 1.86 bits per heavy atom. The van der Waals surface area contributed by atoms with Crippen molar-refractivity contribution in [2.24, 2.45) is 33.6 Å². The number of aliphatic hydroxyl groups is 3. The van der Waals surface area contributed by atoms with Gasteiger partial charge in [0.15, 0.2) is 6.29 Å². The molecule has 3 N–H and O–H groups in total. The van der Waals surface area contributed by atoms with Gasteiger partial charge in [0.05, 0.1) is 23.9 Å². The Labute approximate surface area is 207 Å². The fourth-order valence-corrected chi connectivity index (χ4v) is 8.91. The first kappa shape index (κ1) is 25.3. The molecule has 4 fully saturated rings. The Hall–Kier alpha value is -1.32. The largest absolute Gasteiger partial charge is 0.458 e. The van der Waals surface area contributed by atoms with Crippen LogP contribution in [0, 0.1) is 28.6 Å². The number of nitrogens with zero attached hydrogens (tertiary/aromatic N) is 1. The molecular formula is C27H41NO7. The number of cyclic esters (lactones) is 1. The van der Waals surface area contributed by atoms with Crippen molar-refractivity contribution in [1.82, 2.24) is 0 Å². The van der Waals surface area contributed by atoms with Gasteiger partial charge in [0.2, 0.25) is 0 Å². The number of carbonyl (C=O) groups excluding carboxylic acids is 1. The molecule has 8 atom stereocenters. The van der Waals surface area contributed by atoms with E-state index >= 15 is 0 Å². The molecule has 0 aromatic heterocycles. The standard InChI is InChI=1S/C27H41NO7/c1-24-8-5-20-21(27(24,32)11-7-19(24)17-12-22(30)35-15-17)6-10-26(31)13-18(29)4-9-25(20,26)16-28-14-23(33-2)34-3/h12,16,18-21,23,29,31-32H,4-11,13-15H2,1-3H3/t18-,19-,20+,21-,24-,25+,26-,27-/m1/s1. The molecule has 5 rings (SSSR count). The predicted molar refractivity (Wildman–Crippen MR) is 129 cm³/mol. The molecule has 1 heterocycles. The van der Waals surface area contributed by atoms with Gasteiger partial charge in [-0.05, 0) is 74.7 Å². The lowest BCUT2D eigenvalue weighted by Crippen LogP contribution is -2.68. The topological polar surface area (TPSA) is 118 Å². The lowest BCUT2D eigenvalue weighted by molar-refractivity contribution is -0.237. The predicted octanol–water partition coefficient (Wildman–Crippen LogP) is 2.39. The molecule has 4 aliphatic carbocycles. The van der Waals surface area contributed by atoms with Crippen LogP contribution in [-0.4, -0.2) is 78.5 Å². The summed E-state index contributed by atoms with van der Waals surface area (Å²) in [6, 6.07) is 0. The molecule has 1 aliphatic heterocycles. The van der Waals surface area contributed by atoms with Crippen molar-refractivity contribution in [1.29, 1.82) is 0 Å². The van der Waals surface area contributed by atoms with Crippen LogP contribution in [0.4, 0.5) is 0 Å². The minimum absolute atomic E-state index is 0.0208. The second-order valence-corrected chi connectivity index (χ2v) is 11.9. The fraction of sp³-hybridized carbons (Fsp3) is 0.852. The van der Waals surface area contributed by atoms with Gasteiger partial charge in [0.25, 0.3) is 0 Å². The van der Waals surface area contributed by atoms with Crippen molar-refractivity contribution < 1.29 is 34.3 Å². The van der Waals surface area contributed by atoms with E-state index in [0.29, 0.717) is 45.3 Å². The van der Waals surface area contributed by atoms with Gasteiger partial charge in [-0.25, -0.2) is 4.79 Å². The highest BCUT2D eigenvalue weighted by Gasteiger charge is 2.71. The van der Waals surface area contributed by atoms with Crippen molar-refractivity contribution in [2.45, 2.75) is 88.3 Å². The molecule has 5 aliphatic rings. The van der Waals surface area contributed by atoms with Gasteiger partial charge in [-0.3, -0.25) is 4.99 Å². The van der Waals surface area contributed by atoms with Crippen LogP contribution in [0.1, 0.15) is 64.7 Å². The zero-order chi connectivity index (χ0) is 25.1. The van der Waals surface area contributed by atoms with Gasteiger partial charge in [0.1, 0.15) is 6.61 Å². The van der Waals surface area contributed by atoms with Crippen LogP contribution in [0.15, 0.2) is 16.6 Å². The minimum Gasteiger partial charge on any atom is -0.458 e. The van der Waals surface area contributed by atoms with Crippen LogP contribution in [0.25, 0.3) is 0 Å². The van der Waals surface area contributed by atoms with E-state index in [2.05, 4.69) is 6.92 Å². The van der Waals surface area contributed by atoms with Gasteiger partial charge in [-0.1, -0.05) is 6.92 Å². The van der Waals surface area contributed by atoms with Crippen molar-refractivity contribution in [3.05, 3.63) is 11.6 Å². The van der Waals surface area contributed by atoms with E-state index in [1.54, 1.807) is 20.3 Å². The van der Waals surface area contributed by atoms with E-state index < -0.39 is 29.0 Å². The molecule has 0 radical (unpaired) electrons. The number of carbonyl (C=O) groups is 1. The van der Waals surface area contributed by atoms with E-state index in [-0.39, 0.29) is 29.1 Å². The summed E-state index contributed by atoms with van der Waals surface area (Å²) >= 11 is 0. The average molecular weight is 492 g/mol. The molecule has 0 saturated heterocycles. The van der Waals surface area contributed by atoms with E-state index in [0.717, 1.165) is 31.3 Å². The minimum atomic E-state index is -1.05. The van der Waals surface area contributed by atoms with Crippen molar-refractivity contribution in [2.75, 3.05) is 27.4 Å². The summed E-state index contributed by atoms with van der Waals surface area (Å²) in [4.78, 5) is 16.5. The van der Waals surface area contributed by atoms with Crippen molar-refractivity contribution in [3.63, 3.8) is 0 Å². The molecule has 8 nitrogen and oxygen atoms in total. The first-order valence-corrected chi connectivity index (χ1v) is 13.2. The highest BCUT2D eigenvalue weighted by molar-refractivity contribution is 5.85. The van der Waals surface area contributed by atoms with E-state index in [4.69, 9.17) is 19.2 Å². The number of hydrogen-bond donors (Lipinski definition) is 3.